The Kier molecular flexibility index (Phi) is 5.37. The molecule has 0 spiro atoms. The summed E-state index contributed by atoms with van der Waals surface area (Å²) in [5.74, 6) is 2.56. The predicted molar refractivity (Wildman–Crippen MR) is 81.1 cm³/mol. The predicted octanol–water partition coefficient (Wildman–Crippen LogP) is 1.64. The molecule has 0 heterocycles. The van der Waals surface area contributed by atoms with E-state index < -0.39 is 0 Å². The fourth-order valence-corrected chi connectivity index (χ4v) is 2.81. The number of hydrogen-bond donors (Lipinski definition) is 1. The zero-order valence-electron chi connectivity index (χ0n) is 12.0. The van der Waals surface area contributed by atoms with Gasteiger partial charge in [0.15, 0.2) is 0 Å². The summed E-state index contributed by atoms with van der Waals surface area (Å²) in [6.45, 7) is 1.11. The molecule has 1 unspecified atom stereocenters. The first kappa shape index (κ1) is 15.1. The van der Waals surface area contributed by atoms with E-state index in [9.17, 15) is 4.79 Å². The molecule has 21 heavy (non-hydrogen) atoms. The lowest BCUT2D eigenvalue weighted by Gasteiger charge is -2.27. The number of carbonyl (C=O) groups excluding carboxylic acids is 1. The zero-order chi connectivity index (χ0) is 15.1. The van der Waals surface area contributed by atoms with Gasteiger partial charge in [-0.1, -0.05) is 30.2 Å². The van der Waals surface area contributed by atoms with Gasteiger partial charge in [0.2, 0.25) is 5.91 Å². The third-order valence-electron chi connectivity index (χ3n) is 3.74. The van der Waals surface area contributed by atoms with Crippen LogP contribution >= 0.6 is 0 Å². The zero-order valence-corrected chi connectivity index (χ0v) is 12.0. The highest BCUT2D eigenvalue weighted by Crippen LogP contribution is 2.35. The monoisotopic (exact) mass is 281 g/mol. The summed E-state index contributed by atoms with van der Waals surface area (Å²) < 4.78 is 0. The third kappa shape index (κ3) is 3.84. The summed E-state index contributed by atoms with van der Waals surface area (Å²) in [6, 6.07) is 10.5. The SMILES string of the molecule is C#CCN(CC(=O)NCCC#N)C1CCc2ccccc21. The van der Waals surface area contributed by atoms with Gasteiger partial charge in [0.1, 0.15) is 0 Å². The number of nitrogens with zero attached hydrogens (tertiary/aromatic N) is 2. The van der Waals surface area contributed by atoms with E-state index in [1.807, 2.05) is 23.1 Å². The highest BCUT2D eigenvalue weighted by Gasteiger charge is 2.28. The number of benzene rings is 1. The number of nitrogens with one attached hydrogen (secondary N) is 1. The average Bonchev–Trinajstić information content (AvgIpc) is 2.91. The topological polar surface area (TPSA) is 56.1 Å². The van der Waals surface area contributed by atoms with Crippen LogP contribution in [0.25, 0.3) is 0 Å². The van der Waals surface area contributed by atoms with Gasteiger partial charge in [-0.25, -0.2) is 0 Å². The Morgan fingerprint density at radius 3 is 3.05 bits per heavy atom. The second-order valence-corrected chi connectivity index (χ2v) is 5.12. The Morgan fingerprint density at radius 2 is 2.29 bits per heavy atom. The molecule has 1 aromatic carbocycles. The Morgan fingerprint density at radius 1 is 1.48 bits per heavy atom. The van der Waals surface area contributed by atoms with Gasteiger partial charge in [0.25, 0.3) is 0 Å². The smallest absolute Gasteiger partial charge is 0.234 e. The molecule has 0 saturated heterocycles. The van der Waals surface area contributed by atoms with Gasteiger partial charge in [0.05, 0.1) is 25.6 Å². The second kappa shape index (κ2) is 7.47. The van der Waals surface area contributed by atoms with Crippen LogP contribution in [0.5, 0.6) is 0 Å². The first-order chi connectivity index (χ1) is 10.3. The van der Waals surface area contributed by atoms with Crippen molar-refractivity contribution in [1.82, 2.24) is 10.2 Å². The highest BCUT2D eigenvalue weighted by molar-refractivity contribution is 5.78. The molecule has 1 amide bonds. The van der Waals surface area contributed by atoms with E-state index in [2.05, 4.69) is 23.4 Å². The first-order valence-corrected chi connectivity index (χ1v) is 7.15. The van der Waals surface area contributed by atoms with Crippen molar-refractivity contribution in [2.45, 2.75) is 25.3 Å². The molecule has 108 valence electrons. The molecule has 1 N–H and O–H groups in total. The van der Waals surface area contributed by atoms with E-state index >= 15 is 0 Å². The van der Waals surface area contributed by atoms with Gasteiger partial charge < -0.3 is 5.32 Å². The van der Waals surface area contributed by atoms with Crippen LogP contribution in [0.4, 0.5) is 0 Å². The lowest BCUT2D eigenvalue weighted by atomic mass is 10.1. The van der Waals surface area contributed by atoms with E-state index in [-0.39, 0.29) is 18.5 Å². The van der Waals surface area contributed by atoms with E-state index in [0.29, 0.717) is 19.5 Å². The number of carbonyl (C=O) groups is 1. The number of rotatable bonds is 6. The highest BCUT2D eigenvalue weighted by atomic mass is 16.2. The van der Waals surface area contributed by atoms with Gasteiger partial charge in [-0.15, -0.1) is 6.42 Å². The first-order valence-electron chi connectivity index (χ1n) is 7.15. The molecular formula is C17H19N3O. The average molecular weight is 281 g/mol. The summed E-state index contributed by atoms with van der Waals surface area (Å²) in [7, 11) is 0. The summed E-state index contributed by atoms with van der Waals surface area (Å²) in [5.41, 5.74) is 2.62. The minimum absolute atomic E-state index is 0.0788. The normalized spacial score (nSPS) is 16.0. The maximum atomic E-state index is 11.9. The number of terminal acetylenes is 1. The second-order valence-electron chi connectivity index (χ2n) is 5.12. The molecule has 1 atom stereocenters. The van der Waals surface area contributed by atoms with Crippen molar-refractivity contribution in [3.63, 3.8) is 0 Å². The van der Waals surface area contributed by atoms with Crippen LogP contribution in [0.2, 0.25) is 0 Å². The fraction of sp³-hybridized carbons (Fsp3) is 0.412. The minimum Gasteiger partial charge on any atom is -0.354 e. The number of hydrogen-bond acceptors (Lipinski definition) is 3. The van der Waals surface area contributed by atoms with E-state index in [4.69, 9.17) is 11.7 Å². The van der Waals surface area contributed by atoms with Gasteiger partial charge in [-0.05, 0) is 24.0 Å². The van der Waals surface area contributed by atoms with E-state index in [1.54, 1.807) is 0 Å². The van der Waals surface area contributed by atoms with Crippen LogP contribution < -0.4 is 5.32 Å². The molecule has 0 aliphatic heterocycles. The fourth-order valence-electron chi connectivity index (χ4n) is 2.81. The lowest BCUT2D eigenvalue weighted by Crippen LogP contribution is -2.39. The molecular weight excluding hydrogens is 262 g/mol. The number of nitriles is 1. The Hall–Kier alpha value is -2.30. The van der Waals surface area contributed by atoms with Crippen molar-refractivity contribution in [3.8, 4) is 18.4 Å². The van der Waals surface area contributed by atoms with Crippen LogP contribution in [0.15, 0.2) is 24.3 Å². The number of amides is 1. The Bertz CT molecular complexity index is 582. The van der Waals surface area contributed by atoms with Crippen molar-refractivity contribution in [2.24, 2.45) is 0 Å². The molecule has 1 aliphatic rings. The van der Waals surface area contributed by atoms with Crippen molar-refractivity contribution >= 4 is 5.91 Å². The molecule has 4 nitrogen and oxygen atoms in total. The van der Waals surface area contributed by atoms with Gasteiger partial charge in [-0.2, -0.15) is 5.26 Å². The largest absolute Gasteiger partial charge is 0.354 e. The quantitative estimate of drug-likeness (QED) is 0.637. The summed E-state index contributed by atoms with van der Waals surface area (Å²) in [4.78, 5) is 14.0. The molecule has 4 heteroatoms. The molecule has 1 aliphatic carbocycles. The molecule has 2 rings (SSSR count). The minimum atomic E-state index is -0.0788. The van der Waals surface area contributed by atoms with Crippen molar-refractivity contribution in [1.29, 1.82) is 5.26 Å². The maximum absolute atomic E-state index is 11.9. The van der Waals surface area contributed by atoms with Crippen LogP contribution in [0, 0.1) is 23.7 Å². The van der Waals surface area contributed by atoms with Gasteiger partial charge in [0, 0.05) is 12.6 Å². The van der Waals surface area contributed by atoms with Crippen molar-refractivity contribution in [3.05, 3.63) is 35.4 Å². The maximum Gasteiger partial charge on any atom is 0.234 e. The summed E-state index contributed by atoms with van der Waals surface area (Å²) in [6.07, 6.45) is 7.79. The number of fused-ring (bicyclic) bond motifs is 1. The lowest BCUT2D eigenvalue weighted by molar-refractivity contribution is -0.122. The van der Waals surface area contributed by atoms with Crippen LogP contribution in [0.3, 0.4) is 0 Å². The number of aryl methyl sites for hydroxylation is 1. The van der Waals surface area contributed by atoms with Crippen molar-refractivity contribution in [2.75, 3.05) is 19.6 Å². The Labute approximate surface area is 125 Å². The standard InChI is InChI=1S/C17H19N3O/c1-2-12-20(13-17(21)19-11-5-10-18)16-9-8-14-6-3-4-7-15(14)16/h1,3-4,6-7,16H,5,8-9,11-13H2,(H,19,21). The summed E-state index contributed by atoms with van der Waals surface area (Å²) >= 11 is 0. The molecule has 0 radical (unpaired) electrons. The van der Waals surface area contributed by atoms with Crippen LogP contribution in [0.1, 0.15) is 30.0 Å². The molecule has 1 aromatic rings. The molecule has 0 fully saturated rings. The molecule has 0 bridgehead atoms. The molecule has 0 aromatic heterocycles. The van der Waals surface area contributed by atoms with E-state index in [0.717, 1.165) is 12.8 Å². The van der Waals surface area contributed by atoms with Crippen molar-refractivity contribution < 1.29 is 4.79 Å². The Balaban J connectivity index is 2.02. The third-order valence-corrected chi connectivity index (χ3v) is 3.74. The van der Waals surface area contributed by atoms with E-state index in [1.165, 1.54) is 11.1 Å². The summed E-state index contributed by atoms with van der Waals surface area (Å²) in [5, 5.41) is 11.2. The molecule has 0 saturated carbocycles. The van der Waals surface area contributed by atoms with Gasteiger partial charge in [-0.3, -0.25) is 9.69 Å². The van der Waals surface area contributed by atoms with Crippen LogP contribution in [-0.2, 0) is 11.2 Å². The van der Waals surface area contributed by atoms with Crippen LogP contribution in [-0.4, -0.2) is 30.4 Å². The van der Waals surface area contributed by atoms with Gasteiger partial charge >= 0.3 is 0 Å².